The van der Waals surface area contributed by atoms with Crippen LogP contribution in [-0.4, -0.2) is 84.7 Å². The van der Waals surface area contributed by atoms with Crippen molar-refractivity contribution in [3.63, 3.8) is 0 Å². The van der Waals surface area contributed by atoms with E-state index in [-0.39, 0.29) is 49.7 Å². The zero-order valence-electron chi connectivity index (χ0n) is 35.1. The molecule has 4 aliphatic carbocycles. The van der Waals surface area contributed by atoms with Crippen LogP contribution in [0.3, 0.4) is 0 Å². The molecule has 4 saturated carbocycles. The van der Waals surface area contributed by atoms with Gasteiger partial charge in [0.15, 0.2) is 0 Å². The monoisotopic (exact) mass is 852 g/mol. The van der Waals surface area contributed by atoms with Crippen molar-refractivity contribution < 1.29 is 41.8 Å². The summed E-state index contributed by atoms with van der Waals surface area (Å²) in [6.45, 7) is 4.15. The van der Waals surface area contributed by atoms with Gasteiger partial charge in [-0.15, -0.1) is 0 Å². The van der Waals surface area contributed by atoms with Gasteiger partial charge < -0.3 is 24.4 Å². The molecule has 1 saturated heterocycles. The van der Waals surface area contributed by atoms with Crippen LogP contribution in [0.5, 0.6) is 11.6 Å². The fraction of sp³-hybridized carbons (Fsp3) is 0.553. The number of carbonyl (C=O) groups is 4. The number of methoxy groups -OCH3 is 1. The van der Waals surface area contributed by atoms with Crippen molar-refractivity contribution in [1.82, 2.24) is 19.9 Å². The minimum atomic E-state index is -3.91. The third-order valence-electron chi connectivity index (χ3n) is 14.0. The lowest BCUT2D eigenvalue weighted by molar-refractivity contribution is -0.155. The molecule has 2 aromatic carbocycles. The van der Waals surface area contributed by atoms with E-state index in [1.54, 1.807) is 7.11 Å². The number of sulfonamides is 1. The number of carbonyl (C=O) groups excluding carboxylic acids is 4. The molecule has 10 atom stereocenters. The van der Waals surface area contributed by atoms with Crippen molar-refractivity contribution in [3.05, 3.63) is 66.7 Å². The molecule has 3 aromatic rings. The normalized spacial score (nSPS) is 32.9. The van der Waals surface area contributed by atoms with Crippen LogP contribution in [0.15, 0.2) is 66.7 Å². The molecule has 2 aliphatic heterocycles. The predicted octanol–water partition coefficient (Wildman–Crippen LogP) is 6.10. The Morgan fingerprint density at radius 1 is 0.951 bits per heavy atom. The van der Waals surface area contributed by atoms with E-state index in [9.17, 15) is 22.8 Å². The van der Waals surface area contributed by atoms with Crippen molar-refractivity contribution in [2.75, 3.05) is 13.7 Å². The molecule has 13 nitrogen and oxygen atoms in total. The summed E-state index contributed by atoms with van der Waals surface area (Å²) in [6, 6.07) is 16.2. The number of hydrogen-bond acceptors (Lipinski definition) is 10. The molecule has 9 rings (SSSR count). The lowest BCUT2D eigenvalue weighted by Gasteiger charge is -2.32. The lowest BCUT2D eigenvalue weighted by Crippen LogP contribution is -2.57. The number of rotatable bonds is 10. The third kappa shape index (κ3) is 8.74. The summed E-state index contributed by atoms with van der Waals surface area (Å²) >= 11 is 0. The van der Waals surface area contributed by atoms with Crippen LogP contribution in [0, 0.1) is 35.5 Å². The summed E-state index contributed by atoms with van der Waals surface area (Å²) in [5, 5.41) is 3.88. The number of nitrogens with one attached hydrogen (secondary N) is 2. The fourth-order valence-corrected chi connectivity index (χ4v) is 11.5. The second-order valence-corrected chi connectivity index (χ2v) is 20.6. The molecule has 5 fully saturated rings. The Kier molecular flexibility index (Phi) is 11.1. The van der Waals surface area contributed by atoms with Gasteiger partial charge in [0.2, 0.25) is 27.7 Å². The van der Waals surface area contributed by atoms with Gasteiger partial charge in [0.1, 0.15) is 29.5 Å². The summed E-state index contributed by atoms with van der Waals surface area (Å²) in [5.41, 5.74) is 0.0357. The quantitative estimate of drug-likeness (QED) is 0.180. The highest BCUT2D eigenvalue weighted by atomic mass is 32.2. The minimum absolute atomic E-state index is 0.0181. The Balaban J connectivity index is 1.05. The number of nitrogens with zero attached hydrogens (tertiary/aromatic N) is 2. The summed E-state index contributed by atoms with van der Waals surface area (Å²) in [4.78, 5) is 64.0. The average molecular weight is 853 g/mol. The van der Waals surface area contributed by atoms with Gasteiger partial charge in [-0.3, -0.25) is 23.9 Å². The maximum absolute atomic E-state index is 15.1. The fourth-order valence-electron chi connectivity index (χ4n) is 10.1. The SMILES string of the molecule is COc1ccc2c(O[C@@H]3C[C@H]4C(=O)N[C@]5(C(=O)NS(=O)(=O)C6CC6)C[C@H]5/C=C\CC[C@@H](C)C[C@@H](C)[C@H](CC(=O)OC5C[C@@H]6C[C@@H]6C5)C(=O)N4C3)nc(-c3ccccc3)cc2c1. The number of ether oxygens (including phenoxy) is 3. The van der Waals surface area contributed by atoms with Gasteiger partial charge in [-0.05, 0) is 111 Å². The van der Waals surface area contributed by atoms with Crippen molar-refractivity contribution in [1.29, 1.82) is 0 Å². The Bertz CT molecular complexity index is 2340. The molecular formula is C47H56N4O9S. The molecular weight excluding hydrogens is 797 g/mol. The highest BCUT2D eigenvalue weighted by Crippen LogP contribution is 2.53. The summed E-state index contributed by atoms with van der Waals surface area (Å²) in [7, 11) is -2.30. The van der Waals surface area contributed by atoms with E-state index >= 15 is 4.79 Å². The van der Waals surface area contributed by atoms with Gasteiger partial charge in [0.25, 0.3) is 5.91 Å². The molecule has 0 bridgehead atoms. The van der Waals surface area contributed by atoms with Crippen molar-refractivity contribution in [2.24, 2.45) is 35.5 Å². The minimum Gasteiger partial charge on any atom is -0.497 e. The molecule has 0 spiro atoms. The van der Waals surface area contributed by atoms with Crippen LogP contribution in [0.4, 0.5) is 0 Å². The maximum atomic E-state index is 15.1. The second kappa shape index (κ2) is 16.4. The summed E-state index contributed by atoms with van der Waals surface area (Å²) in [5.74, 6) is -1.11. The van der Waals surface area contributed by atoms with Crippen molar-refractivity contribution >= 4 is 44.5 Å². The molecule has 61 heavy (non-hydrogen) atoms. The van der Waals surface area contributed by atoms with Gasteiger partial charge in [0.05, 0.1) is 36.9 Å². The van der Waals surface area contributed by atoms with Crippen LogP contribution < -0.4 is 19.5 Å². The van der Waals surface area contributed by atoms with Gasteiger partial charge in [-0.2, -0.15) is 0 Å². The Labute approximate surface area is 357 Å². The molecule has 1 aromatic heterocycles. The first-order valence-electron chi connectivity index (χ1n) is 22.1. The number of amides is 3. The Morgan fingerprint density at radius 3 is 2.46 bits per heavy atom. The van der Waals surface area contributed by atoms with Crippen LogP contribution in [0.1, 0.15) is 84.5 Å². The van der Waals surface area contributed by atoms with E-state index < -0.39 is 62.6 Å². The molecule has 6 aliphatic rings. The number of esters is 1. The van der Waals surface area contributed by atoms with Gasteiger partial charge >= 0.3 is 5.97 Å². The maximum Gasteiger partial charge on any atom is 0.306 e. The second-order valence-electron chi connectivity index (χ2n) is 18.7. The first-order chi connectivity index (χ1) is 29.3. The zero-order valence-corrected chi connectivity index (χ0v) is 35.9. The molecule has 3 heterocycles. The molecule has 0 radical (unpaired) electrons. The van der Waals surface area contributed by atoms with E-state index in [1.807, 2.05) is 73.7 Å². The number of aromatic nitrogens is 1. The zero-order chi connectivity index (χ0) is 42.6. The smallest absolute Gasteiger partial charge is 0.306 e. The Morgan fingerprint density at radius 2 is 1.72 bits per heavy atom. The third-order valence-corrected chi connectivity index (χ3v) is 15.8. The van der Waals surface area contributed by atoms with Gasteiger partial charge in [0, 0.05) is 23.3 Å². The average Bonchev–Trinajstić information content (AvgIpc) is 4.20. The van der Waals surface area contributed by atoms with Crippen LogP contribution in [-0.2, 0) is 33.9 Å². The molecule has 324 valence electrons. The lowest BCUT2D eigenvalue weighted by atomic mass is 9.82. The molecule has 1 unspecified atom stereocenters. The number of fused-ring (bicyclic) bond motifs is 4. The van der Waals surface area contributed by atoms with Crippen LogP contribution in [0.2, 0.25) is 0 Å². The standard InChI is InChI=1S/C47H56N4O9S/c1-27-9-7-8-12-33-25-47(33,46(55)50-61(56,57)37-14-15-37)49-43(53)41-23-36(26-51(41)45(54)39(28(2)17-27)24-42(52)59-35-19-30-18-31(30)20-35)60-44-38-16-13-34(58-3)21-32(38)22-40(48-44)29-10-5-4-6-11-29/h4-6,8,10-13,16,21-22,27-28,30-31,33,35-37,39,41H,7,9,14-15,17-20,23-26H2,1-3H3,(H,49,53)(H,50,55)/b12-8-/t27-,28-,30-,31+,33-,35?,36-,39+,41+,47-/m1/s1. The number of pyridine rings is 1. The molecule has 14 heteroatoms. The van der Waals surface area contributed by atoms with Crippen LogP contribution >= 0.6 is 0 Å². The number of benzene rings is 2. The van der Waals surface area contributed by atoms with E-state index in [0.717, 1.165) is 30.2 Å². The van der Waals surface area contributed by atoms with E-state index in [1.165, 1.54) is 11.3 Å². The first-order valence-corrected chi connectivity index (χ1v) is 23.6. The topological polar surface area (TPSA) is 170 Å². The first kappa shape index (κ1) is 41.4. The number of allylic oxidation sites excluding steroid dienone is 1. The summed E-state index contributed by atoms with van der Waals surface area (Å²) < 4.78 is 46.6. The number of hydrogen-bond donors (Lipinski definition) is 2. The highest BCUT2D eigenvalue weighted by molar-refractivity contribution is 7.91. The highest BCUT2D eigenvalue weighted by Gasteiger charge is 2.62. The van der Waals surface area contributed by atoms with Crippen molar-refractivity contribution in [3.8, 4) is 22.9 Å². The Hall–Kier alpha value is -4.98. The predicted molar refractivity (Wildman–Crippen MR) is 227 cm³/mol. The van der Waals surface area contributed by atoms with E-state index in [2.05, 4.69) is 17.0 Å². The summed E-state index contributed by atoms with van der Waals surface area (Å²) in [6.07, 6.45) is 9.29. The van der Waals surface area contributed by atoms with Crippen LogP contribution in [0.25, 0.3) is 22.0 Å². The molecule has 2 N–H and O–H groups in total. The van der Waals surface area contributed by atoms with Crippen molar-refractivity contribution in [2.45, 2.75) is 114 Å². The van der Waals surface area contributed by atoms with E-state index in [0.29, 0.717) is 60.2 Å². The molecule has 3 amide bonds. The van der Waals surface area contributed by atoms with Gasteiger partial charge in [-0.25, -0.2) is 13.4 Å². The van der Waals surface area contributed by atoms with E-state index in [4.69, 9.17) is 19.2 Å². The largest absolute Gasteiger partial charge is 0.497 e. The van der Waals surface area contributed by atoms with Gasteiger partial charge in [-0.1, -0.05) is 56.3 Å².